The molecule has 0 unspecified atom stereocenters. The van der Waals surface area contributed by atoms with Gasteiger partial charge in [-0.25, -0.2) is 4.98 Å². The molecule has 6 heteroatoms. The highest BCUT2D eigenvalue weighted by atomic mass is 35.5. The van der Waals surface area contributed by atoms with E-state index in [1.54, 1.807) is 6.21 Å². The third-order valence-corrected chi connectivity index (χ3v) is 4.63. The summed E-state index contributed by atoms with van der Waals surface area (Å²) in [4.78, 5) is 4.52. The number of thiazole rings is 1. The van der Waals surface area contributed by atoms with Crippen molar-refractivity contribution in [1.82, 2.24) is 4.98 Å². The average Bonchev–Trinajstić information content (AvgIpc) is 2.98. The Morgan fingerprint density at radius 2 is 1.88 bits per heavy atom. The largest absolute Gasteiger partial charge is 0.494 e. The lowest BCUT2D eigenvalue weighted by atomic mass is 10.2. The van der Waals surface area contributed by atoms with E-state index in [0.717, 1.165) is 22.6 Å². The molecule has 1 aromatic heterocycles. The monoisotopic (exact) mass is 371 g/mol. The summed E-state index contributed by atoms with van der Waals surface area (Å²) in [6.07, 6.45) is 1.76. The van der Waals surface area contributed by atoms with E-state index in [9.17, 15) is 0 Å². The van der Waals surface area contributed by atoms with E-state index in [1.807, 2.05) is 55.5 Å². The lowest BCUT2D eigenvalue weighted by Crippen LogP contribution is -1.91. The molecule has 0 amide bonds. The summed E-state index contributed by atoms with van der Waals surface area (Å²) in [5.41, 5.74) is 6.86. The molecular formula is C19H18ClN3OS. The van der Waals surface area contributed by atoms with Gasteiger partial charge in [-0.05, 0) is 43.7 Å². The Balaban J connectivity index is 1.70. The zero-order valence-corrected chi connectivity index (χ0v) is 15.6. The zero-order chi connectivity index (χ0) is 17.6. The molecule has 0 aliphatic rings. The van der Waals surface area contributed by atoms with Crippen LogP contribution in [0.15, 0.2) is 53.6 Å². The minimum absolute atomic E-state index is 0.622. The molecule has 1 heterocycles. The van der Waals surface area contributed by atoms with Crippen molar-refractivity contribution in [2.45, 2.75) is 13.8 Å². The van der Waals surface area contributed by atoms with Crippen LogP contribution in [-0.4, -0.2) is 17.8 Å². The SMILES string of the molecule is CCOc1ccc(-c2nc(N/N=C\c3ccc(C)cc3)sc2Cl)cc1. The van der Waals surface area contributed by atoms with Crippen molar-refractivity contribution in [1.29, 1.82) is 0 Å². The first-order chi connectivity index (χ1) is 12.2. The van der Waals surface area contributed by atoms with Crippen LogP contribution in [-0.2, 0) is 0 Å². The van der Waals surface area contributed by atoms with Crippen LogP contribution in [0.4, 0.5) is 5.13 Å². The molecule has 1 N–H and O–H groups in total. The quantitative estimate of drug-likeness (QED) is 0.452. The summed E-state index contributed by atoms with van der Waals surface area (Å²) in [5, 5.41) is 4.87. The number of hydrogen-bond donors (Lipinski definition) is 1. The molecule has 25 heavy (non-hydrogen) atoms. The maximum atomic E-state index is 6.33. The summed E-state index contributed by atoms with van der Waals surface area (Å²) >= 11 is 7.69. The Kier molecular flexibility index (Phi) is 5.68. The maximum absolute atomic E-state index is 6.33. The van der Waals surface area contributed by atoms with Gasteiger partial charge in [0.15, 0.2) is 0 Å². The predicted molar refractivity (Wildman–Crippen MR) is 106 cm³/mol. The Bertz CT molecular complexity index is 857. The van der Waals surface area contributed by atoms with Crippen molar-refractivity contribution < 1.29 is 4.74 Å². The molecule has 0 spiro atoms. The Morgan fingerprint density at radius 1 is 1.16 bits per heavy atom. The molecular weight excluding hydrogens is 354 g/mol. The third kappa shape index (κ3) is 4.59. The standard InChI is InChI=1S/C19H18ClN3OS/c1-3-24-16-10-8-15(9-11-16)17-18(20)25-19(22-17)23-21-12-14-6-4-13(2)5-7-14/h4-12H,3H2,1-2H3,(H,22,23)/b21-12-. The number of aryl methyl sites for hydroxylation is 1. The summed E-state index contributed by atoms with van der Waals surface area (Å²) in [5.74, 6) is 0.832. The van der Waals surface area contributed by atoms with E-state index in [2.05, 4.69) is 22.4 Å². The maximum Gasteiger partial charge on any atom is 0.205 e. The van der Waals surface area contributed by atoms with E-state index in [4.69, 9.17) is 16.3 Å². The second kappa shape index (κ2) is 8.14. The molecule has 0 aliphatic heterocycles. The molecule has 0 fully saturated rings. The van der Waals surface area contributed by atoms with Gasteiger partial charge in [-0.3, -0.25) is 5.43 Å². The van der Waals surface area contributed by atoms with Crippen molar-refractivity contribution in [2.24, 2.45) is 5.10 Å². The number of nitrogens with one attached hydrogen (secondary N) is 1. The summed E-state index contributed by atoms with van der Waals surface area (Å²) in [6, 6.07) is 15.9. The van der Waals surface area contributed by atoms with Crippen molar-refractivity contribution in [2.75, 3.05) is 12.0 Å². The summed E-state index contributed by atoms with van der Waals surface area (Å²) in [7, 11) is 0. The highest BCUT2D eigenvalue weighted by Crippen LogP contribution is 2.35. The topological polar surface area (TPSA) is 46.5 Å². The van der Waals surface area contributed by atoms with E-state index < -0.39 is 0 Å². The van der Waals surface area contributed by atoms with Gasteiger partial charge in [0, 0.05) is 5.56 Å². The van der Waals surface area contributed by atoms with Crippen LogP contribution in [0.3, 0.4) is 0 Å². The predicted octanol–water partition coefficient (Wildman–Crippen LogP) is 5.62. The minimum atomic E-state index is 0.622. The van der Waals surface area contributed by atoms with E-state index in [-0.39, 0.29) is 0 Å². The first kappa shape index (κ1) is 17.5. The Morgan fingerprint density at radius 3 is 2.56 bits per heavy atom. The van der Waals surface area contributed by atoms with Gasteiger partial charge in [-0.15, -0.1) is 0 Å². The van der Waals surface area contributed by atoms with Gasteiger partial charge in [0.2, 0.25) is 5.13 Å². The highest BCUT2D eigenvalue weighted by molar-refractivity contribution is 7.20. The molecule has 2 aromatic carbocycles. The molecule has 0 saturated heterocycles. The fourth-order valence-electron chi connectivity index (χ4n) is 2.22. The minimum Gasteiger partial charge on any atom is -0.494 e. The van der Waals surface area contributed by atoms with Crippen molar-refractivity contribution in [3.8, 4) is 17.0 Å². The van der Waals surface area contributed by atoms with Crippen LogP contribution in [0.2, 0.25) is 4.34 Å². The van der Waals surface area contributed by atoms with Gasteiger partial charge in [0.05, 0.1) is 12.8 Å². The molecule has 128 valence electrons. The van der Waals surface area contributed by atoms with Gasteiger partial charge in [-0.2, -0.15) is 5.10 Å². The van der Waals surface area contributed by atoms with Crippen molar-refractivity contribution >= 4 is 34.3 Å². The lowest BCUT2D eigenvalue weighted by molar-refractivity contribution is 0.340. The lowest BCUT2D eigenvalue weighted by Gasteiger charge is -2.03. The van der Waals surface area contributed by atoms with Crippen molar-refractivity contribution in [3.05, 3.63) is 64.0 Å². The molecule has 3 rings (SSSR count). The van der Waals surface area contributed by atoms with Gasteiger partial charge >= 0.3 is 0 Å². The molecule has 0 saturated carbocycles. The molecule has 0 atom stereocenters. The number of rotatable bonds is 6. The number of benzene rings is 2. The van der Waals surface area contributed by atoms with E-state index in [1.165, 1.54) is 16.9 Å². The smallest absolute Gasteiger partial charge is 0.205 e. The van der Waals surface area contributed by atoms with Gasteiger partial charge in [-0.1, -0.05) is 52.8 Å². The first-order valence-electron chi connectivity index (χ1n) is 7.91. The third-order valence-electron chi connectivity index (χ3n) is 3.48. The number of nitrogens with zero attached hydrogens (tertiary/aromatic N) is 2. The molecule has 0 radical (unpaired) electrons. The summed E-state index contributed by atoms with van der Waals surface area (Å²) < 4.78 is 6.07. The fraction of sp³-hybridized carbons (Fsp3) is 0.158. The van der Waals surface area contributed by atoms with Gasteiger partial charge < -0.3 is 4.74 Å². The normalized spacial score (nSPS) is 11.0. The number of ether oxygens (including phenoxy) is 1. The average molecular weight is 372 g/mol. The number of anilines is 1. The molecule has 0 bridgehead atoms. The second-order valence-corrected chi connectivity index (χ2v) is 6.98. The van der Waals surface area contributed by atoms with Crippen LogP contribution >= 0.6 is 22.9 Å². The van der Waals surface area contributed by atoms with Crippen LogP contribution in [0.25, 0.3) is 11.3 Å². The number of hydrazone groups is 1. The molecule has 4 nitrogen and oxygen atoms in total. The zero-order valence-electron chi connectivity index (χ0n) is 14.0. The highest BCUT2D eigenvalue weighted by Gasteiger charge is 2.11. The molecule has 0 aliphatic carbocycles. The van der Waals surface area contributed by atoms with E-state index >= 15 is 0 Å². The Labute approximate surface area is 156 Å². The van der Waals surface area contributed by atoms with Crippen LogP contribution in [0, 0.1) is 6.92 Å². The molecule has 3 aromatic rings. The Hall–Kier alpha value is -2.37. The van der Waals surface area contributed by atoms with Crippen molar-refractivity contribution in [3.63, 3.8) is 0 Å². The fourth-order valence-corrected chi connectivity index (χ4v) is 3.25. The first-order valence-corrected chi connectivity index (χ1v) is 9.10. The van der Waals surface area contributed by atoms with Crippen LogP contribution < -0.4 is 10.2 Å². The van der Waals surface area contributed by atoms with Gasteiger partial charge in [0.25, 0.3) is 0 Å². The number of hydrogen-bond acceptors (Lipinski definition) is 5. The van der Waals surface area contributed by atoms with E-state index in [0.29, 0.717) is 16.1 Å². The number of halogens is 1. The summed E-state index contributed by atoms with van der Waals surface area (Å²) in [6.45, 7) is 4.66. The number of aromatic nitrogens is 1. The van der Waals surface area contributed by atoms with Gasteiger partial charge in [0.1, 0.15) is 15.8 Å². The second-order valence-electron chi connectivity index (χ2n) is 5.38. The van der Waals surface area contributed by atoms with Crippen LogP contribution in [0.5, 0.6) is 5.75 Å². The van der Waals surface area contributed by atoms with Crippen LogP contribution in [0.1, 0.15) is 18.1 Å².